The lowest BCUT2D eigenvalue weighted by Crippen LogP contribution is -2.38. The molecule has 7 nitrogen and oxygen atoms in total. The van der Waals surface area contributed by atoms with Crippen LogP contribution in [0.2, 0.25) is 0 Å². The minimum atomic E-state index is -0.515. The SMILES string of the molecule is COC(=O)CN(CCc1c[nH]c2ccccc12)C(=O)c1nc(N(C)C)sc1-c1ccc(F)cc1. The normalized spacial score (nSPS) is 10.9. The van der Waals surface area contributed by atoms with Gasteiger partial charge in [0.1, 0.15) is 18.1 Å². The van der Waals surface area contributed by atoms with E-state index in [-0.39, 0.29) is 24.0 Å². The van der Waals surface area contributed by atoms with Crippen molar-refractivity contribution in [2.75, 3.05) is 39.2 Å². The van der Waals surface area contributed by atoms with Gasteiger partial charge in [0.25, 0.3) is 5.91 Å². The number of para-hydroxylation sites is 1. The number of methoxy groups -OCH3 is 1. The number of aromatic amines is 1. The molecule has 1 N–H and O–H groups in total. The van der Waals surface area contributed by atoms with Crippen LogP contribution in [0.15, 0.2) is 54.7 Å². The molecule has 2 aromatic heterocycles. The molecular formula is C25H25FN4O3S. The van der Waals surface area contributed by atoms with Gasteiger partial charge in [0.15, 0.2) is 5.13 Å². The van der Waals surface area contributed by atoms with E-state index >= 15 is 0 Å². The van der Waals surface area contributed by atoms with Crippen LogP contribution in [-0.4, -0.2) is 61.0 Å². The maximum Gasteiger partial charge on any atom is 0.325 e. The number of nitrogens with zero attached hydrogens (tertiary/aromatic N) is 3. The number of rotatable bonds is 8. The number of aromatic nitrogens is 2. The molecule has 34 heavy (non-hydrogen) atoms. The highest BCUT2D eigenvalue weighted by atomic mass is 32.1. The molecule has 0 bridgehead atoms. The highest BCUT2D eigenvalue weighted by molar-refractivity contribution is 7.19. The summed E-state index contributed by atoms with van der Waals surface area (Å²) in [6.45, 7) is 0.100. The van der Waals surface area contributed by atoms with E-state index in [0.717, 1.165) is 16.5 Å². The van der Waals surface area contributed by atoms with Gasteiger partial charge in [-0.25, -0.2) is 9.37 Å². The van der Waals surface area contributed by atoms with E-state index in [1.165, 1.54) is 35.5 Å². The Morgan fingerprint density at radius 2 is 1.85 bits per heavy atom. The van der Waals surface area contributed by atoms with Crippen LogP contribution < -0.4 is 4.90 Å². The van der Waals surface area contributed by atoms with Crippen molar-refractivity contribution < 1.29 is 18.7 Å². The molecule has 0 aliphatic rings. The van der Waals surface area contributed by atoms with Crippen molar-refractivity contribution in [3.63, 3.8) is 0 Å². The molecule has 0 spiro atoms. The average molecular weight is 481 g/mol. The molecule has 0 unspecified atom stereocenters. The lowest BCUT2D eigenvalue weighted by Gasteiger charge is -2.21. The van der Waals surface area contributed by atoms with Crippen LogP contribution in [0.5, 0.6) is 0 Å². The van der Waals surface area contributed by atoms with Crippen LogP contribution in [0, 0.1) is 5.82 Å². The van der Waals surface area contributed by atoms with Gasteiger partial charge in [0.05, 0.1) is 12.0 Å². The fraction of sp³-hybridized carbons (Fsp3) is 0.240. The Labute approximate surface area is 200 Å². The number of carbonyl (C=O) groups is 2. The lowest BCUT2D eigenvalue weighted by molar-refractivity contribution is -0.141. The molecule has 176 valence electrons. The van der Waals surface area contributed by atoms with Crippen molar-refractivity contribution >= 4 is 39.2 Å². The molecule has 0 atom stereocenters. The molecule has 4 aromatic rings. The minimum absolute atomic E-state index is 0.199. The number of thiazole rings is 1. The monoisotopic (exact) mass is 480 g/mol. The second-order valence-corrected chi connectivity index (χ2v) is 8.97. The van der Waals surface area contributed by atoms with Gasteiger partial charge in [-0.1, -0.05) is 41.7 Å². The molecule has 2 heterocycles. The van der Waals surface area contributed by atoms with Crippen molar-refractivity contribution in [1.29, 1.82) is 0 Å². The first-order valence-electron chi connectivity index (χ1n) is 10.7. The number of hydrogen-bond acceptors (Lipinski definition) is 6. The summed E-state index contributed by atoms with van der Waals surface area (Å²) < 4.78 is 18.3. The zero-order valence-corrected chi connectivity index (χ0v) is 20.0. The predicted molar refractivity (Wildman–Crippen MR) is 132 cm³/mol. The number of esters is 1. The van der Waals surface area contributed by atoms with Gasteiger partial charge in [-0.2, -0.15) is 0 Å². The minimum Gasteiger partial charge on any atom is -0.468 e. The summed E-state index contributed by atoms with van der Waals surface area (Å²) in [6, 6.07) is 13.9. The number of ether oxygens (including phenoxy) is 1. The maximum atomic E-state index is 13.7. The fourth-order valence-corrected chi connectivity index (χ4v) is 4.64. The van der Waals surface area contributed by atoms with Crippen LogP contribution in [-0.2, 0) is 16.0 Å². The number of amides is 1. The zero-order chi connectivity index (χ0) is 24.2. The van der Waals surface area contributed by atoms with Gasteiger partial charge in [-0.3, -0.25) is 9.59 Å². The van der Waals surface area contributed by atoms with E-state index in [1.54, 1.807) is 12.1 Å². The summed E-state index contributed by atoms with van der Waals surface area (Å²) in [4.78, 5) is 37.5. The molecule has 0 fully saturated rings. The number of halogens is 1. The number of hydrogen-bond donors (Lipinski definition) is 1. The topological polar surface area (TPSA) is 78.5 Å². The van der Waals surface area contributed by atoms with Gasteiger partial charge in [0, 0.05) is 37.7 Å². The van der Waals surface area contributed by atoms with Crippen molar-refractivity contribution in [3.05, 3.63) is 71.8 Å². The second kappa shape index (κ2) is 10.0. The largest absolute Gasteiger partial charge is 0.468 e. The number of fused-ring (bicyclic) bond motifs is 1. The summed E-state index contributed by atoms with van der Waals surface area (Å²) in [5.41, 5.74) is 2.97. The first-order chi connectivity index (χ1) is 16.4. The van der Waals surface area contributed by atoms with E-state index in [1.807, 2.05) is 49.5 Å². The molecule has 0 saturated carbocycles. The predicted octanol–water partition coefficient (Wildman–Crippen LogP) is 4.35. The highest BCUT2D eigenvalue weighted by Crippen LogP contribution is 2.35. The molecule has 0 saturated heterocycles. The third-order valence-electron chi connectivity index (χ3n) is 5.47. The first-order valence-corrected chi connectivity index (χ1v) is 11.5. The van der Waals surface area contributed by atoms with E-state index in [2.05, 4.69) is 9.97 Å². The van der Waals surface area contributed by atoms with Gasteiger partial charge in [-0.05, 0) is 35.7 Å². The molecule has 0 radical (unpaired) electrons. The van der Waals surface area contributed by atoms with Gasteiger partial charge < -0.3 is 19.5 Å². The Balaban J connectivity index is 1.67. The van der Waals surface area contributed by atoms with Gasteiger partial charge in [-0.15, -0.1) is 0 Å². The number of carbonyl (C=O) groups excluding carboxylic acids is 2. The summed E-state index contributed by atoms with van der Waals surface area (Å²) in [6.07, 6.45) is 2.46. The molecule has 0 aliphatic heterocycles. The summed E-state index contributed by atoms with van der Waals surface area (Å²) >= 11 is 1.34. The maximum absolute atomic E-state index is 13.7. The standard InChI is InChI=1S/C25H25FN4O3S/c1-29(2)25-28-22(23(34-25)16-8-10-18(26)11-9-16)24(32)30(15-21(31)33-3)13-12-17-14-27-20-7-5-4-6-19(17)20/h4-11,14,27H,12-13,15H2,1-3H3. The Bertz CT molecular complexity index is 1310. The van der Waals surface area contributed by atoms with E-state index in [0.29, 0.717) is 28.5 Å². The van der Waals surface area contributed by atoms with Crippen LogP contribution in [0.4, 0.5) is 9.52 Å². The molecule has 9 heteroatoms. The van der Waals surface area contributed by atoms with Crippen molar-refractivity contribution in [3.8, 4) is 10.4 Å². The summed E-state index contributed by atoms with van der Waals surface area (Å²) in [5, 5.41) is 1.71. The van der Waals surface area contributed by atoms with Crippen LogP contribution >= 0.6 is 11.3 Å². The second-order valence-electron chi connectivity index (χ2n) is 7.99. The average Bonchev–Trinajstić information content (AvgIpc) is 3.46. The Morgan fingerprint density at radius 3 is 2.56 bits per heavy atom. The number of nitrogens with one attached hydrogen (secondary N) is 1. The summed E-state index contributed by atoms with van der Waals surface area (Å²) in [7, 11) is 4.97. The van der Waals surface area contributed by atoms with Crippen molar-refractivity contribution in [2.24, 2.45) is 0 Å². The quantitative estimate of drug-likeness (QED) is 0.379. The van der Waals surface area contributed by atoms with E-state index in [4.69, 9.17) is 4.74 Å². The number of anilines is 1. The Morgan fingerprint density at radius 1 is 1.12 bits per heavy atom. The Kier molecular flexibility index (Phi) is 6.93. The van der Waals surface area contributed by atoms with Gasteiger partial charge in [0.2, 0.25) is 0 Å². The van der Waals surface area contributed by atoms with Crippen molar-refractivity contribution in [2.45, 2.75) is 6.42 Å². The fourth-order valence-electron chi connectivity index (χ4n) is 3.66. The molecule has 0 aliphatic carbocycles. The first kappa shape index (κ1) is 23.4. The van der Waals surface area contributed by atoms with E-state index in [9.17, 15) is 14.0 Å². The number of benzene rings is 2. The van der Waals surface area contributed by atoms with Crippen LogP contribution in [0.1, 0.15) is 16.1 Å². The van der Waals surface area contributed by atoms with Crippen LogP contribution in [0.25, 0.3) is 21.3 Å². The summed E-state index contributed by atoms with van der Waals surface area (Å²) in [5.74, 6) is -1.26. The molecule has 1 amide bonds. The lowest BCUT2D eigenvalue weighted by atomic mass is 10.1. The Hall–Kier alpha value is -3.72. The zero-order valence-electron chi connectivity index (χ0n) is 19.2. The molecule has 2 aromatic carbocycles. The number of H-pyrrole nitrogens is 1. The third-order valence-corrected chi connectivity index (χ3v) is 6.74. The van der Waals surface area contributed by atoms with Crippen molar-refractivity contribution in [1.82, 2.24) is 14.9 Å². The van der Waals surface area contributed by atoms with Crippen LogP contribution in [0.3, 0.4) is 0 Å². The van der Waals surface area contributed by atoms with Gasteiger partial charge >= 0.3 is 5.97 Å². The molecular weight excluding hydrogens is 455 g/mol. The molecule has 4 rings (SSSR count). The smallest absolute Gasteiger partial charge is 0.325 e. The third kappa shape index (κ3) is 4.94. The van der Waals surface area contributed by atoms with E-state index < -0.39 is 5.97 Å². The highest BCUT2D eigenvalue weighted by Gasteiger charge is 2.27.